The molecule has 4 heteroatoms. The minimum Gasteiger partial charge on any atom is -0.299 e. The van der Waals surface area contributed by atoms with Gasteiger partial charge in [0.1, 0.15) is 0 Å². The maximum absolute atomic E-state index is 11.6. The first-order valence-corrected chi connectivity index (χ1v) is 3.49. The molecule has 1 amide bonds. The van der Waals surface area contributed by atoms with Crippen molar-refractivity contribution in [1.82, 2.24) is 5.43 Å². The van der Waals surface area contributed by atoms with Crippen molar-refractivity contribution in [2.45, 2.75) is 0 Å². The Morgan fingerprint density at radius 2 is 2.00 bits per heavy atom. The van der Waals surface area contributed by atoms with E-state index in [1.807, 2.05) is 18.2 Å². The number of carbonyl (C=O) groups is 1. The number of benzene rings is 1. The smallest absolute Gasteiger partial charge is 0.269 e. The first kappa shape index (κ1) is 8.52. The van der Waals surface area contributed by atoms with E-state index in [-0.39, 0.29) is 0 Å². The van der Waals surface area contributed by atoms with Crippen LogP contribution in [0.2, 0.25) is 0 Å². The summed E-state index contributed by atoms with van der Waals surface area (Å²) in [5.74, 6) is -0.682. The third kappa shape index (κ3) is 2.57. The zero-order valence-corrected chi connectivity index (χ0v) is 6.38. The highest BCUT2D eigenvalue weighted by molar-refractivity contribution is 5.78. The normalized spacial score (nSPS) is 9.08. The average molecular weight is 168 g/mol. The van der Waals surface area contributed by atoms with E-state index < -0.39 is 12.6 Å². The number of anilines is 1. The van der Waals surface area contributed by atoms with Crippen LogP contribution in [0.3, 0.4) is 0 Å². The number of nitrogens with one attached hydrogen (secondary N) is 2. The summed E-state index contributed by atoms with van der Waals surface area (Å²) in [5.41, 5.74) is 5.46. The van der Waals surface area contributed by atoms with E-state index in [0.29, 0.717) is 0 Å². The van der Waals surface area contributed by atoms with E-state index in [2.05, 4.69) is 10.9 Å². The van der Waals surface area contributed by atoms with Crippen molar-refractivity contribution in [2.24, 2.45) is 0 Å². The van der Waals surface area contributed by atoms with E-state index in [1.54, 1.807) is 12.1 Å². The summed E-state index contributed by atoms with van der Waals surface area (Å²) < 4.78 is 11.6. The Kier molecular flexibility index (Phi) is 3.07. The molecular weight excluding hydrogens is 159 g/mol. The fourth-order valence-electron chi connectivity index (χ4n) is 0.697. The predicted molar refractivity (Wildman–Crippen MR) is 44.2 cm³/mol. The molecule has 2 N–H and O–H groups in total. The monoisotopic (exact) mass is 168 g/mol. The van der Waals surface area contributed by atoms with Gasteiger partial charge in [0.25, 0.3) is 5.91 Å². The van der Waals surface area contributed by atoms with Gasteiger partial charge in [-0.2, -0.15) is 0 Å². The number of alkyl halides is 1. The van der Waals surface area contributed by atoms with E-state index in [0.717, 1.165) is 5.69 Å². The van der Waals surface area contributed by atoms with E-state index in [1.165, 1.54) is 0 Å². The molecule has 0 unspecified atom stereocenters. The van der Waals surface area contributed by atoms with Crippen LogP contribution in [0.4, 0.5) is 10.1 Å². The topological polar surface area (TPSA) is 41.1 Å². The van der Waals surface area contributed by atoms with Crippen LogP contribution in [0, 0.1) is 0 Å². The lowest BCUT2D eigenvalue weighted by atomic mass is 10.3. The van der Waals surface area contributed by atoms with Gasteiger partial charge in [-0.1, -0.05) is 18.2 Å². The molecule has 1 rings (SSSR count). The summed E-state index contributed by atoms with van der Waals surface area (Å²) in [5, 5.41) is 0. The van der Waals surface area contributed by atoms with Crippen LogP contribution in [0.5, 0.6) is 0 Å². The Morgan fingerprint density at radius 3 is 2.58 bits per heavy atom. The summed E-state index contributed by atoms with van der Waals surface area (Å²) in [6, 6.07) is 8.99. The fourth-order valence-corrected chi connectivity index (χ4v) is 0.697. The number of rotatable bonds is 3. The molecule has 1 aromatic carbocycles. The minimum absolute atomic E-state index is 0.682. The SMILES string of the molecule is O=C(CF)NNc1ccccc1. The Bertz CT molecular complexity index is 250. The van der Waals surface area contributed by atoms with Crippen LogP contribution in [0.15, 0.2) is 30.3 Å². The quantitative estimate of drug-likeness (QED) is 0.663. The third-order valence-corrected chi connectivity index (χ3v) is 1.24. The molecule has 0 radical (unpaired) electrons. The first-order chi connectivity index (χ1) is 5.83. The van der Waals surface area contributed by atoms with Gasteiger partial charge in [0.15, 0.2) is 6.67 Å². The molecule has 0 aliphatic heterocycles. The molecule has 1 aromatic rings. The predicted octanol–water partition coefficient (Wildman–Crippen LogP) is 1.10. The molecule has 0 saturated heterocycles. The van der Waals surface area contributed by atoms with Crippen LogP contribution in [-0.2, 0) is 4.79 Å². The summed E-state index contributed by atoms with van der Waals surface area (Å²) in [6.45, 7) is -1.01. The van der Waals surface area contributed by atoms with Gasteiger partial charge >= 0.3 is 0 Å². The maximum Gasteiger partial charge on any atom is 0.269 e. The van der Waals surface area contributed by atoms with Gasteiger partial charge in [-0.25, -0.2) is 4.39 Å². The Balaban J connectivity index is 2.38. The largest absolute Gasteiger partial charge is 0.299 e. The summed E-state index contributed by atoms with van der Waals surface area (Å²) in [7, 11) is 0. The molecule has 64 valence electrons. The number of para-hydroxylation sites is 1. The highest BCUT2D eigenvalue weighted by atomic mass is 19.1. The van der Waals surface area contributed by atoms with Crippen molar-refractivity contribution in [1.29, 1.82) is 0 Å². The van der Waals surface area contributed by atoms with Gasteiger partial charge in [0, 0.05) is 0 Å². The second kappa shape index (κ2) is 4.33. The Morgan fingerprint density at radius 1 is 1.33 bits per heavy atom. The van der Waals surface area contributed by atoms with Crippen molar-refractivity contribution in [3.8, 4) is 0 Å². The van der Waals surface area contributed by atoms with Gasteiger partial charge in [-0.05, 0) is 12.1 Å². The van der Waals surface area contributed by atoms with Crippen LogP contribution in [0.25, 0.3) is 0 Å². The molecule has 0 fully saturated rings. The van der Waals surface area contributed by atoms with Crippen molar-refractivity contribution >= 4 is 11.6 Å². The van der Waals surface area contributed by atoms with Crippen LogP contribution < -0.4 is 10.9 Å². The second-order valence-corrected chi connectivity index (χ2v) is 2.17. The number of amides is 1. The average Bonchev–Trinajstić information content (AvgIpc) is 2.16. The Labute approximate surface area is 69.6 Å². The molecular formula is C8H9FN2O. The van der Waals surface area contributed by atoms with Gasteiger partial charge in [-0.3, -0.25) is 15.6 Å². The van der Waals surface area contributed by atoms with Crippen molar-refractivity contribution < 1.29 is 9.18 Å². The fraction of sp³-hybridized carbons (Fsp3) is 0.125. The summed E-state index contributed by atoms with van der Waals surface area (Å²) >= 11 is 0. The zero-order valence-electron chi connectivity index (χ0n) is 6.38. The number of halogens is 1. The molecule has 12 heavy (non-hydrogen) atoms. The molecule has 0 bridgehead atoms. The van der Waals surface area contributed by atoms with Crippen LogP contribution >= 0.6 is 0 Å². The van der Waals surface area contributed by atoms with Gasteiger partial charge < -0.3 is 0 Å². The molecule has 0 aliphatic carbocycles. The highest BCUT2D eigenvalue weighted by Crippen LogP contribution is 2.01. The number of hydrogen-bond acceptors (Lipinski definition) is 2. The van der Waals surface area contributed by atoms with Crippen LogP contribution in [0.1, 0.15) is 0 Å². The lowest BCUT2D eigenvalue weighted by Crippen LogP contribution is -2.30. The van der Waals surface area contributed by atoms with E-state index in [4.69, 9.17) is 0 Å². The van der Waals surface area contributed by atoms with Crippen LogP contribution in [-0.4, -0.2) is 12.6 Å². The first-order valence-electron chi connectivity index (χ1n) is 3.49. The lowest BCUT2D eigenvalue weighted by Gasteiger charge is -2.05. The molecule has 0 aliphatic rings. The number of hydrazine groups is 1. The van der Waals surface area contributed by atoms with Crippen molar-refractivity contribution in [3.05, 3.63) is 30.3 Å². The Hall–Kier alpha value is -1.58. The number of hydrogen-bond donors (Lipinski definition) is 2. The maximum atomic E-state index is 11.6. The molecule has 3 nitrogen and oxygen atoms in total. The third-order valence-electron chi connectivity index (χ3n) is 1.24. The summed E-state index contributed by atoms with van der Waals surface area (Å²) in [4.78, 5) is 10.4. The molecule has 0 aromatic heterocycles. The lowest BCUT2D eigenvalue weighted by molar-refractivity contribution is -0.121. The zero-order chi connectivity index (χ0) is 8.81. The van der Waals surface area contributed by atoms with Gasteiger partial charge in [-0.15, -0.1) is 0 Å². The second-order valence-electron chi connectivity index (χ2n) is 2.17. The van der Waals surface area contributed by atoms with Crippen molar-refractivity contribution in [2.75, 3.05) is 12.1 Å². The van der Waals surface area contributed by atoms with E-state index >= 15 is 0 Å². The highest BCUT2D eigenvalue weighted by Gasteiger charge is 1.96. The van der Waals surface area contributed by atoms with E-state index in [9.17, 15) is 9.18 Å². The van der Waals surface area contributed by atoms with Crippen molar-refractivity contribution in [3.63, 3.8) is 0 Å². The standard InChI is InChI=1S/C8H9FN2O/c9-6-8(12)11-10-7-4-2-1-3-5-7/h1-5,10H,6H2,(H,11,12). The molecule has 0 spiro atoms. The number of carbonyl (C=O) groups excluding carboxylic acids is 1. The summed E-state index contributed by atoms with van der Waals surface area (Å²) in [6.07, 6.45) is 0. The molecule has 0 atom stereocenters. The molecule has 0 heterocycles. The van der Waals surface area contributed by atoms with Gasteiger partial charge in [0.05, 0.1) is 5.69 Å². The minimum atomic E-state index is -1.01. The molecule has 0 saturated carbocycles. The van der Waals surface area contributed by atoms with Gasteiger partial charge in [0.2, 0.25) is 0 Å².